The Hall–Kier alpha value is -3.89. The van der Waals surface area contributed by atoms with Crippen LogP contribution in [-0.2, 0) is 12.3 Å². The molecule has 178 valence electrons. The van der Waals surface area contributed by atoms with Gasteiger partial charge < -0.3 is 10.6 Å². The van der Waals surface area contributed by atoms with Crippen LogP contribution in [0.1, 0.15) is 17.0 Å². The molecule has 0 saturated heterocycles. The van der Waals surface area contributed by atoms with Crippen LogP contribution in [-0.4, -0.2) is 25.7 Å². The molecule has 1 heterocycles. The molecule has 4 rings (SSSR count). The Morgan fingerprint density at radius 3 is 2.51 bits per heavy atom. The highest BCUT2D eigenvalue weighted by atomic mass is 35.5. The quantitative estimate of drug-likeness (QED) is 0.178. The Kier molecular flexibility index (Phi) is 7.64. The third kappa shape index (κ3) is 6.37. The van der Waals surface area contributed by atoms with Crippen LogP contribution in [0.3, 0.4) is 0 Å². The van der Waals surface area contributed by atoms with Crippen LogP contribution in [0.2, 0.25) is 5.02 Å². The molecular formula is C24H21ClN6O3S. The minimum atomic E-state index is -0.451. The minimum absolute atomic E-state index is 0.0159. The highest BCUT2D eigenvalue weighted by Crippen LogP contribution is 2.26. The fourth-order valence-corrected chi connectivity index (χ4v) is 4.35. The van der Waals surface area contributed by atoms with E-state index in [9.17, 15) is 14.9 Å². The van der Waals surface area contributed by atoms with Gasteiger partial charge in [-0.2, -0.15) is 0 Å². The number of hydrogen-bond donors (Lipinski definition) is 2. The first-order valence-corrected chi connectivity index (χ1v) is 11.9. The smallest absolute Gasteiger partial charge is 0.319 e. The number of halogens is 1. The summed E-state index contributed by atoms with van der Waals surface area (Å²) < 4.78 is 1.78. The van der Waals surface area contributed by atoms with Gasteiger partial charge in [-0.25, -0.2) is 4.79 Å². The topological polar surface area (TPSA) is 115 Å². The summed E-state index contributed by atoms with van der Waals surface area (Å²) >= 11 is 7.37. The first-order chi connectivity index (χ1) is 16.9. The zero-order valence-electron chi connectivity index (χ0n) is 18.6. The number of non-ortho nitro benzene ring substituents is 1. The van der Waals surface area contributed by atoms with Gasteiger partial charge in [0.1, 0.15) is 0 Å². The fraction of sp³-hybridized carbons (Fsp3) is 0.125. The number of carbonyl (C=O) groups is 1. The number of hydrogen-bond acceptors (Lipinski definition) is 6. The zero-order chi connectivity index (χ0) is 24.8. The molecule has 9 nitrogen and oxygen atoms in total. The van der Waals surface area contributed by atoms with Crippen LogP contribution in [0.5, 0.6) is 0 Å². The summed E-state index contributed by atoms with van der Waals surface area (Å²) in [6.07, 6.45) is 0. The lowest BCUT2D eigenvalue weighted by molar-refractivity contribution is -0.384. The van der Waals surface area contributed by atoms with Crippen molar-refractivity contribution in [2.24, 2.45) is 0 Å². The Morgan fingerprint density at radius 1 is 1.09 bits per heavy atom. The molecule has 35 heavy (non-hydrogen) atoms. The van der Waals surface area contributed by atoms with E-state index in [1.807, 2.05) is 25.1 Å². The van der Waals surface area contributed by atoms with Gasteiger partial charge >= 0.3 is 6.03 Å². The van der Waals surface area contributed by atoms with Crippen molar-refractivity contribution in [2.75, 3.05) is 5.32 Å². The summed E-state index contributed by atoms with van der Waals surface area (Å²) in [5, 5.41) is 26.3. The van der Waals surface area contributed by atoms with E-state index in [4.69, 9.17) is 11.6 Å². The molecule has 0 radical (unpaired) electrons. The molecule has 0 atom stereocenters. The molecule has 0 unspecified atom stereocenters. The second-order valence-electron chi connectivity index (χ2n) is 7.60. The van der Waals surface area contributed by atoms with Gasteiger partial charge in [0.2, 0.25) is 0 Å². The van der Waals surface area contributed by atoms with Gasteiger partial charge in [0.25, 0.3) is 5.69 Å². The lowest BCUT2D eigenvalue weighted by Crippen LogP contribution is -2.29. The van der Waals surface area contributed by atoms with E-state index in [0.29, 0.717) is 33.1 Å². The molecule has 0 fully saturated rings. The molecule has 2 amide bonds. The van der Waals surface area contributed by atoms with E-state index in [-0.39, 0.29) is 12.2 Å². The number of nitro benzene ring substituents is 1. The van der Waals surface area contributed by atoms with Gasteiger partial charge in [-0.3, -0.25) is 14.7 Å². The highest BCUT2D eigenvalue weighted by Gasteiger charge is 2.17. The van der Waals surface area contributed by atoms with Gasteiger partial charge in [0.05, 0.1) is 11.5 Å². The lowest BCUT2D eigenvalue weighted by Gasteiger charge is -2.12. The summed E-state index contributed by atoms with van der Waals surface area (Å²) in [4.78, 5) is 23.0. The van der Waals surface area contributed by atoms with E-state index in [1.165, 1.54) is 23.9 Å². The first-order valence-electron chi connectivity index (χ1n) is 10.6. The van der Waals surface area contributed by atoms with Crippen LogP contribution in [0.15, 0.2) is 78.0 Å². The molecule has 0 spiro atoms. The molecule has 11 heteroatoms. The van der Waals surface area contributed by atoms with Crippen LogP contribution in [0.4, 0.5) is 16.2 Å². The molecule has 0 aliphatic carbocycles. The molecule has 0 aliphatic heterocycles. The average molecular weight is 509 g/mol. The van der Waals surface area contributed by atoms with Crippen LogP contribution >= 0.6 is 23.4 Å². The second-order valence-corrected chi connectivity index (χ2v) is 8.98. The number of rotatable bonds is 8. The standard InChI is InChI=1S/C24H21ClN6O3S/c1-16-3-2-4-17(13-16)15-35-24-29-28-22(30(24)20-9-11-21(12-10-20)31(33)34)14-26-23(32)27-19-7-5-18(25)6-8-19/h2-13H,14-15H2,1H3,(H2,26,27,32). The van der Waals surface area contributed by atoms with Gasteiger partial charge in [-0.15, -0.1) is 10.2 Å². The fourth-order valence-electron chi connectivity index (χ4n) is 3.31. The Balaban J connectivity index is 1.54. The molecule has 0 aliphatic rings. The molecule has 4 aromatic rings. The number of aromatic nitrogens is 3. The van der Waals surface area contributed by atoms with E-state index >= 15 is 0 Å². The SMILES string of the molecule is Cc1cccc(CSc2nnc(CNC(=O)Nc3ccc(Cl)cc3)n2-c2ccc([N+](=O)[O-])cc2)c1. The third-order valence-corrected chi connectivity index (χ3v) is 6.23. The van der Waals surface area contributed by atoms with Crippen molar-refractivity contribution >= 4 is 40.8 Å². The van der Waals surface area contributed by atoms with Crippen LogP contribution in [0.25, 0.3) is 5.69 Å². The Labute approximate surface area is 210 Å². The molecule has 0 saturated carbocycles. The van der Waals surface area contributed by atoms with Gasteiger partial charge in [-0.05, 0) is 48.9 Å². The predicted octanol–water partition coefficient (Wildman–Crippen LogP) is 5.75. The van der Waals surface area contributed by atoms with E-state index in [1.54, 1.807) is 41.0 Å². The maximum absolute atomic E-state index is 12.4. The molecule has 0 bridgehead atoms. The van der Waals surface area contributed by atoms with Gasteiger partial charge in [0, 0.05) is 34.3 Å². The van der Waals surface area contributed by atoms with Crippen LogP contribution < -0.4 is 10.6 Å². The first kappa shape index (κ1) is 24.2. The second kappa shape index (κ2) is 11.0. The normalized spacial score (nSPS) is 10.7. The molecular weight excluding hydrogens is 488 g/mol. The highest BCUT2D eigenvalue weighted by molar-refractivity contribution is 7.98. The summed E-state index contributed by atoms with van der Waals surface area (Å²) in [6, 6.07) is 20.6. The summed E-state index contributed by atoms with van der Waals surface area (Å²) in [7, 11) is 0. The van der Waals surface area contributed by atoms with Crippen molar-refractivity contribution in [1.82, 2.24) is 20.1 Å². The maximum Gasteiger partial charge on any atom is 0.319 e. The monoisotopic (exact) mass is 508 g/mol. The number of nitrogens with zero attached hydrogens (tertiary/aromatic N) is 4. The molecule has 1 aromatic heterocycles. The number of anilines is 1. The zero-order valence-corrected chi connectivity index (χ0v) is 20.2. The average Bonchev–Trinajstić information content (AvgIpc) is 3.26. The number of amides is 2. The van der Waals surface area contributed by atoms with Crippen molar-refractivity contribution < 1.29 is 9.72 Å². The van der Waals surface area contributed by atoms with Crippen molar-refractivity contribution in [2.45, 2.75) is 24.4 Å². The number of urea groups is 1. The number of aryl methyl sites for hydroxylation is 1. The number of nitrogens with one attached hydrogen (secondary N) is 2. The minimum Gasteiger partial charge on any atom is -0.331 e. The number of nitro groups is 1. The number of benzene rings is 3. The van der Waals surface area contributed by atoms with E-state index in [2.05, 4.69) is 26.9 Å². The third-order valence-electron chi connectivity index (χ3n) is 4.98. The Bertz CT molecular complexity index is 1340. The summed E-state index contributed by atoms with van der Waals surface area (Å²) in [6.45, 7) is 2.13. The summed E-state index contributed by atoms with van der Waals surface area (Å²) in [5.41, 5.74) is 3.53. The van der Waals surface area contributed by atoms with Gasteiger partial charge in [0.15, 0.2) is 11.0 Å². The van der Waals surface area contributed by atoms with Crippen molar-refractivity contribution in [3.8, 4) is 5.69 Å². The number of carbonyl (C=O) groups excluding carboxylic acids is 1. The summed E-state index contributed by atoms with van der Waals surface area (Å²) in [5.74, 6) is 1.15. The van der Waals surface area contributed by atoms with E-state index < -0.39 is 11.0 Å². The van der Waals surface area contributed by atoms with Gasteiger partial charge in [-0.1, -0.05) is 53.2 Å². The maximum atomic E-state index is 12.4. The van der Waals surface area contributed by atoms with Crippen molar-refractivity contribution in [1.29, 1.82) is 0 Å². The molecule has 3 aromatic carbocycles. The van der Waals surface area contributed by atoms with E-state index in [0.717, 1.165) is 11.1 Å². The largest absolute Gasteiger partial charge is 0.331 e. The van der Waals surface area contributed by atoms with Crippen LogP contribution in [0, 0.1) is 17.0 Å². The number of thioether (sulfide) groups is 1. The van der Waals surface area contributed by atoms with Crippen molar-refractivity contribution in [3.63, 3.8) is 0 Å². The van der Waals surface area contributed by atoms with Crippen molar-refractivity contribution in [3.05, 3.63) is 105 Å². The predicted molar refractivity (Wildman–Crippen MR) is 136 cm³/mol. The Morgan fingerprint density at radius 2 is 1.83 bits per heavy atom. The molecule has 2 N–H and O–H groups in total. The lowest BCUT2D eigenvalue weighted by atomic mass is 10.2.